The number of hydrogen-bond acceptors (Lipinski definition) is 6. The second-order valence-corrected chi connectivity index (χ2v) is 5.79. The van der Waals surface area contributed by atoms with Gasteiger partial charge in [-0.1, -0.05) is 30.9 Å². The van der Waals surface area contributed by atoms with Crippen molar-refractivity contribution in [3.63, 3.8) is 0 Å². The van der Waals surface area contributed by atoms with Crippen LogP contribution in [0.1, 0.15) is 36.5 Å². The van der Waals surface area contributed by atoms with Gasteiger partial charge in [-0.2, -0.15) is 5.10 Å². The second kappa shape index (κ2) is 8.28. The molecule has 3 rings (SSSR count). The van der Waals surface area contributed by atoms with Gasteiger partial charge < -0.3 is 9.15 Å². The zero-order valence-electron chi connectivity index (χ0n) is 14.8. The van der Waals surface area contributed by atoms with Crippen molar-refractivity contribution in [2.75, 3.05) is 11.9 Å². The van der Waals surface area contributed by atoms with Crippen LogP contribution in [-0.4, -0.2) is 32.5 Å². The molecule has 2 heterocycles. The number of carbonyl (C=O) groups excluding carboxylic acids is 1. The number of hydrogen-bond donors (Lipinski definition) is 1. The zero-order valence-corrected chi connectivity index (χ0v) is 14.8. The Morgan fingerprint density at radius 1 is 1.27 bits per heavy atom. The molecule has 0 spiro atoms. The number of anilines is 1. The first kappa shape index (κ1) is 17.7. The number of unbranched alkanes of at least 4 members (excludes halogenated alkanes) is 2. The molecular formula is C18H21N5O3. The molecule has 0 atom stereocenters. The van der Waals surface area contributed by atoms with Crippen molar-refractivity contribution >= 4 is 11.9 Å². The Labute approximate surface area is 151 Å². The second-order valence-electron chi connectivity index (χ2n) is 5.79. The first-order chi connectivity index (χ1) is 12.7. The normalized spacial score (nSPS) is 10.7. The molecule has 0 aliphatic rings. The van der Waals surface area contributed by atoms with Crippen LogP contribution in [0.3, 0.4) is 0 Å². The number of aryl methyl sites for hydroxylation is 1. The number of nitrogens with zero attached hydrogens (tertiary/aromatic N) is 4. The first-order valence-electron chi connectivity index (χ1n) is 8.53. The summed E-state index contributed by atoms with van der Waals surface area (Å²) < 4.78 is 12.8. The highest BCUT2D eigenvalue weighted by molar-refractivity contribution is 6.03. The largest absolute Gasteiger partial charge is 0.494 e. The number of benzene rings is 1. The summed E-state index contributed by atoms with van der Waals surface area (Å²) in [4.78, 5) is 12.4. The van der Waals surface area contributed by atoms with E-state index in [1.807, 2.05) is 6.07 Å². The maximum Gasteiger partial charge on any atom is 0.322 e. The molecule has 26 heavy (non-hydrogen) atoms. The molecule has 136 valence electrons. The van der Waals surface area contributed by atoms with E-state index in [1.165, 1.54) is 0 Å². The van der Waals surface area contributed by atoms with Gasteiger partial charge in [-0.25, -0.2) is 0 Å². The van der Waals surface area contributed by atoms with E-state index in [0.29, 0.717) is 23.6 Å². The Kier molecular flexibility index (Phi) is 5.62. The van der Waals surface area contributed by atoms with Crippen LogP contribution < -0.4 is 10.1 Å². The van der Waals surface area contributed by atoms with Gasteiger partial charge in [0.05, 0.1) is 6.61 Å². The lowest BCUT2D eigenvalue weighted by molar-refractivity contribution is 0.102. The Morgan fingerprint density at radius 2 is 2.15 bits per heavy atom. The minimum atomic E-state index is -0.343. The van der Waals surface area contributed by atoms with Gasteiger partial charge in [0.15, 0.2) is 0 Å². The van der Waals surface area contributed by atoms with E-state index >= 15 is 0 Å². The van der Waals surface area contributed by atoms with Crippen LogP contribution >= 0.6 is 0 Å². The summed E-state index contributed by atoms with van der Waals surface area (Å²) >= 11 is 0. The predicted octanol–water partition coefficient (Wildman–Crippen LogP) is 3.29. The number of carbonyl (C=O) groups is 1. The van der Waals surface area contributed by atoms with E-state index in [0.717, 1.165) is 19.3 Å². The van der Waals surface area contributed by atoms with Crippen LogP contribution in [0.15, 0.2) is 40.9 Å². The van der Waals surface area contributed by atoms with E-state index in [2.05, 4.69) is 27.5 Å². The number of nitrogens with one attached hydrogen (secondary N) is 1. The van der Waals surface area contributed by atoms with Crippen LogP contribution in [0.5, 0.6) is 5.75 Å². The highest BCUT2D eigenvalue weighted by Crippen LogP contribution is 2.20. The Balaban J connectivity index is 1.63. The average molecular weight is 355 g/mol. The molecule has 1 N–H and O–H groups in total. The third kappa shape index (κ3) is 4.27. The van der Waals surface area contributed by atoms with Crippen molar-refractivity contribution in [3.8, 4) is 17.3 Å². The third-order valence-corrected chi connectivity index (χ3v) is 3.80. The predicted molar refractivity (Wildman–Crippen MR) is 95.9 cm³/mol. The molecule has 0 aliphatic carbocycles. The van der Waals surface area contributed by atoms with Crippen LogP contribution in [-0.2, 0) is 7.05 Å². The van der Waals surface area contributed by atoms with E-state index in [4.69, 9.17) is 9.15 Å². The smallest absolute Gasteiger partial charge is 0.322 e. The van der Waals surface area contributed by atoms with Gasteiger partial charge in [0.25, 0.3) is 11.8 Å². The van der Waals surface area contributed by atoms with Gasteiger partial charge in [0, 0.05) is 18.8 Å². The van der Waals surface area contributed by atoms with Crippen LogP contribution in [0.25, 0.3) is 11.6 Å². The third-order valence-electron chi connectivity index (χ3n) is 3.80. The summed E-state index contributed by atoms with van der Waals surface area (Å²) in [6.07, 6.45) is 4.88. The van der Waals surface area contributed by atoms with Gasteiger partial charge in [-0.3, -0.25) is 14.8 Å². The van der Waals surface area contributed by atoms with Gasteiger partial charge in [-0.05, 0) is 30.7 Å². The molecule has 0 saturated carbocycles. The van der Waals surface area contributed by atoms with Crippen molar-refractivity contribution in [3.05, 3.63) is 42.1 Å². The van der Waals surface area contributed by atoms with Crippen molar-refractivity contribution in [1.29, 1.82) is 0 Å². The summed E-state index contributed by atoms with van der Waals surface area (Å²) in [5.41, 5.74) is 1.12. The fraction of sp³-hybridized carbons (Fsp3) is 0.333. The van der Waals surface area contributed by atoms with Crippen molar-refractivity contribution in [1.82, 2.24) is 20.0 Å². The zero-order chi connectivity index (χ0) is 18.4. The number of amides is 1. The monoisotopic (exact) mass is 355 g/mol. The van der Waals surface area contributed by atoms with Gasteiger partial charge in [0.1, 0.15) is 11.4 Å². The summed E-state index contributed by atoms with van der Waals surface area (Å²) in [5.74, 6) is 0.604. The number of aromatic nitrogens is 4. The summed E-state index contributed by atoms with van der Waals surface area (Å²) in [6.45, 7) is 2.78. The molecular weight excluding hydrogens is 334 g/mol. The molecule has 0 aliphatic heterocycles. The fourth-order valence-electron chi connectivity index (χ4n) is 2.40. The van der Waals surface area contributed by atoms with E-state index < -0.39 is 0 Å². The molecule has 2 aromatic heterocycles. The number of rotatable bonds is 8. The average Bonchev–Trinajstić information content (AvgIpc) is 3.27. The molecule has 1 amide bonds. The number of ether oxygens (including phenoxy) is 1. The molecule has 1 aromatic carbocycles. The van der Waals surface area contributed by atoms with Crippen molar-refractivity contribution in [2.24, 2.45) is 7.05 Å². The van der Waals surface area contributed by atoms with Gasteiger partial charge >= 0.3 is 6.01 Å². The van der Waals surface area contributed by atoms with E-state index in [-0.39, 0.29) is 17.8 Å². The summed E-state index contributed by atoms with van der Waals surface area (Å²) in [5, 5.41) is 14.4. The molecule has 8 nitrogen and oxygen atoms in total. The van der Waals surface area contributed by atoms with Crippen molar-refractivity contribution in [2.45, 2.75) is 26.2 Å². The van der Waals surface area contributed by atoms with Crippen molar-refractivity contribution < 1.29 is 13.9 Å². The molecule has 8 heteroatoms. The Morgan fingerprint density at radius 3 is 2.92 bits per heavy atom. The van der Waals surface area contributed by atoms with E-state index in [1.54, 1.807) is 42.2 Å². The van der Waals surface area contributed by atoms with Crippen LogP contribution in [0.4, 0.5) is 6.01 Å². The van der Waals surface area contributed by atoms with Crippen LogP contribution in [0, 0.1) is 0 Å². The topological polar surface area (TPSA) is 95.1 Å². The first-order valence-corrected chi connectivity index (χ1v) is 8.53. The molecule has 3 aromatic rings. The Bertz CT molecular complexity index is 871. The lowest BCUT2D eigenvalue weighted by atomic mass is 10.2. The quantitative estimate of drug-likeness (QED) is 0.623. The lowest BCUT2D eigenvalue weighted by Gasteiger charge is -2.07. The molecule has 0 bridgehead atoms. The standard InChI is InChI=1S/C18H21N5O3/c1-3-4-5-11-25-14-8-6-7-13(12-14)16(24)20-18-22-21-17(26-18)15-9-10-19-23(15)2/h6-10,12H,3-5,11H2,1-2H3,(H,20,22,24). The summed E-state index contributed by atoms with van der Waals surface area (Å²) in [6, 6.07) is 8.78. The highest BCUT2D eigenvalue weighted by atomic mass is 16.5. The maximum atomic E-state index is 12.4. The molecule has 0 unspecified atom stereocenters. The minimum Gasteiger partial charge on any atom is -0.494 e. The highest BCUT2D eigenvalue weighted by Gasteiger charge is 2.15. The van der Waals surface area contributed by atoms with Gasteiger partial charge in [-0.15, -0.1) is 5.10 Å². The Hall–Kier alpha value is -3.16. The maximum absolute atomic E-state index is 12.4. The lowest BCUT2D eigenvalue weighted by Crippen LogP contribution is -2.12. The van der Waals surface area contributed by atoms with E-state index in [9.17, 15) is 4.79 Å². The molecule has 0 fully saturated rings. The SMILES string of the molecule is CCCCCOc1cccc(C(=O)Nc2nnc(-c3ccnn3C)o2)c1. The molecule has 0 saturated heterocycles. The van der Waals surface area contributed by atoms with Gasteiger partial charge in [0.2, 0.25) is 0 Å². The minimum absolute atomic E-state index is 0.0282. The molecule has 0 radical (unpaired) electrons. The summed E-state index contributed by atoms with van der Waals surface area (Å²) in [7, 11) is 1.77. The van der Waals surface area contributed by atoms with Crippen LogP contribution in [0.2, 0.25) is 0 Å². The fourth-order valence-corrected chi connectivity index (χ4v) is 2.40.